The smallest absolute Gasteiger partial charge is 0.142 e. The highest BCUT2D eigenvalue weighted by atomic mass is 35.5. The number of aryl methyl sites for hydroxylation is 1. The van der Waals surface area contributed by atoms with E-state index in [9.17, 15) is 0 Å². The van der Waals surface area contributed by atoms with Gasteiger partial charge in [-0.25, -0.2) is 9.97 Å². The van der Waals surface area contributed by atoms with Crippen molar-refractivity contribution in [1.82, 2.24) is 9.97 Å². The first kappa shape index (κ1) is 12.2. The second kappa shape index (κ2) is 4.68. The van der Waals surface area contributed by atoms with E-state index in [1.807, 2.05) is 6.92 Å². The highest BCUT2D eigenvalue weighted by Crippen LogP contribution is 2.32. The van der Waals surface area contributed by atoms with E-state index in [2.05, 4.69) is 21.4 Å². The van der Waals surface area contributed by atoms with E-state index >= 15 is 0 Å². The first-order valence-electron chi connectivity index (χ1n) is 5.66. The zero-order chi connectivity index (χ0) is 13.4. The van der Waals surface area contributed by atoms with Crippen LogP contribution in [0.1, 0.15) is 4.88 Å². The van der Waals surface area contributed by atoms with E-state index < -0.39 is 0 Å². The van der Waals surface area contributed by atoms with Gasteiger partial charge in [0.2, 0.25) is 0 Å². The lowest BCUT2D eigenvalue weighted by Gasteiger charge is -2.09. The van der Waals surface area contributed by atoms with Crippen LogP contribution in [-0.4, -0.2) is 9.97 Å². The van der Waals surface area contributed by atoms with Crippen LogP contribution >= 0.6 is 22.9 Å². The van der Waals surface area contributed by atoms with Gasteiger partial charge in [0.25, 0.3) is 0 Å². The van der Waals surface area contributed by atoms with Gasteiger partial charge in [0, 0.05) is 10.6 Å². The van der Waals surface area contributed by atoms with Crippen molar-refractivity contribution in [1.29, 1.82) is 0 Å². The average molecular weight is 291 g/mol. The van der Waals surface area contributed by atoms with Gasteiger partial charge in [-0.05, 0) is 31.2 Å². The summed E-state index contributed by atoms with van der Waals surface area (Å²) in [7, 11) is 0. The Balaban J connectivity index is 2.08. The van der Waals surface area contributed by atoms with E-state index in [-0.39, 0.29) is 0 Å². The minimum atomic E-state index is 0.605. The van der Waals surface area contributed by atoms with Gasteiger partial charge in [0.05, 0.1) is 16.1 Å². The number of anilines is 3. The molecular weight excluding hydrogens is 280 g/mol. The van der Waals surface area contributed by atoms with Crippen LogP contribution in [0.3, 0.4) is 0 Å². The molecule has 96 valence electrons. The fourth-order valence-electron chi connectivity index (χ4n) is 1.84. The van der Waals surface area contributed by atoms with E-state index in [1.54, 1.807) is 35.9 Å². The van der Waals surface area contributed by atoms with Crippen LogP contribution in [0, 0.1) is 6.92 Å². The van der Waals surface area contributed by atoms with Gasteiger partial charge in [-0.1, -0.05) is 11.6 Å². The number of aromatic nitrogens is 2. The quantitative estimate of drug-likeness (QED) is 0.701. The van der Waals surface area contributed by atoms with Gasteiger partial charge in [0.1, 0.15) is 17.0 Å². The van der Waals surface area contributed by atoms with Crippen LogP contribution < -0.4 is 11.1 Å². The van der Waals surface area contributed by atoms with Crippen molar-refractivity contribution in [3.63, 3.8) is 0 Å². The topological polar surface area (TPSA) is 63.8 Å². The molecule has 1 aromatic carbocycles. The molecule has 2 heterocycles. The van der Waals surface area contributed by atoms with Crippen LogP contribution in [0.4, 0.5) is 17.2 Å². The normalized spacial score (nSPS) is 10.8. The lowest BCUT2D eigenvalue weighted by Crippen LogP contribution is -1.96. The van der Waals surface area contributed by atoms with Crippen LogP contribution in [0.15, 0.2) is 30.6 Å². The maximum atomic E-state index is 6.14. The summed E-state index contributed by atoms with van der Waals surface area (Å²) in [5.74, 6) is 0.738. The summed E-state index contributed by atoms with van der Waals surface area (Å²) in [4.78, 5) is 10.7. The molecule has 0 saturated heterocycles. The summed E-state index contributed by atoms with van der Waals surface area (Å²) in [5, 5.41) is 4.81. The maximum absolute atomic E-state index is 6.14. The van der Waals surface area contributed by atoms with E-state index in [0.717, 1.165) is 21.7 Å². The Labute approximate surface area is 119 Å². The predicted molar refractivity (Wildman–Crippen MR) is 81.3 cm³/mol. The molecule has 3 N–H and O–H groups in total. The van der Waals surface area contributed by atoms with E-state index in [1.165, 1.54) is 4.88 Å². The van der Waals surface area contributed by atoms with Crippen molar-refractivity contribution in [2.45, 2.75) is 6.92 Å². The number of thiophene rings is 1. The van der Waals surface area contributed by atoms with Crippen molar-refractivity contribution in [2.75, 3.05) is 11.1 Å². The van der Waals surface area contributed by atoms with Crippen LogP contribution in [0.2, 0.25) is 5.02 Å². The molecular formula is C13H11ClN4S. The Morgan fingerprint density at radius 3 is 2.95 bits per heavy atom. The summed E-state index contributed by atoms with van der Waals surface area (Å²) in [5.41, 5.74) is 7.16. The Bertz CT molecular complexity index is 753. The van der Waals surface area contributed by atoms with Gasteiger partial charge in [-0.15, -0.1) is 11.3 Å². The van der Waals surface area contributed by atoms with Crippen molar-refractivity contribution in [2.24, 2.45) is 0 Å². The number of nitrogens with zero attached hydrogens (tertiary/aromatic N) is 2. The number of hydrogen-bond donors (Lipinski definition) is 2. The van der Waals surface area contributed by atoms with Gasteiger partial charge < -0.3 is 11.1 Å². The molecule has 19 heavy (non-hydrogen) atoms. The van der Waals surface area contributed by atoms with Crippen molar-refractivity contribution in [3.8, 4) is 0 Å². The molecule has 3 rings (SSSR count). The standard InChI is InChI=1S/C13H11ClN4S/c1-7-4-9-12(16-6-17-13(9)19-7)18-11-5-8(15)2-3-10(11)14/h2-6H,15H2,1H3,(H,16,17,18). The van der Waals surface area contributed by atoms with Crippen LogP contribution in [0.25, 0.3) is 10.2 Å². The van der Waals surface area contributed by atoms with Gasteiger partial charge in [-0.2, -0.15) is 0 Å². The molecule has 0 spiro atoms. The Morgan fingerprint density at radius 1 is 1.26 bits per heavy atom. The highest BCUT2D eigenvalue weighted by molar-refractivity contribution is 7.18. The summed E-state index contributed by atoms with van der Waals surface area (Å²) in [6.45, 7) is 2.05. The van der Waals surface area contributed by atoms with Gasteiger partial charge >= 0.3 is 0 Å². The maximum Gasteiger partial charge on any atom is 0.142 e. The van der Waals surface area contributed by atoms with Gasteiger partial charge in [-0.3, -0.25) is 0 Å². The number of nitrogens with one attached hydrogen (secondary N) is 1. The fraction of sp³-hybridized carbons (Fsp3) is 0.0769. The second-order valence-electron chi connectivity index (χ2n) is 4.16. The van der Waals surface area contributed by atoms with Crippen molar-refractivity contribution in [3.05, 3.63) is 40.5 Å². The molecule has 3 aromatic rings. The number of hydrogen-bond acceptors (Lipinski definition) is 5. The minimum Gasteiger partial charge on any atom is -0.399 e. The van der Waals surface area contributed by atoms with Crippen LogP contribution in [0.5, 0.6) is 0 Å². The lowest BCUT2D eigenvalue weighted by atomic mass is 10.2. The second-order valence-corrected chi connectivity index (χ2v) is 5.80. The molecule has 4 nitrogen and oxygen atoms in total. The Morgan fingerprint density at radius 2 is 2.11 bits per heavy atom. The zero-order valence-corrected chi connectivity index (χ0v) is 11.7. The van der Waals surface area contributed by atoms with E-state index in [0.29, 0.717) is 10.7 Å². The Kier molecular flexibility index (Phi) is 3.00. The van der Waals surface area contributed by atoms with Crippen molar-refractivity contribution >= 4 is 50.3 Å². The molecule has 0 aliphatic rings. The molecule has 0 radical (unpaired) electrons. The molecule has 0 saturated carbocycles. The summed E-state index contributed by atoms with van der Waals surface area (Å²) in [6, 6.07) is 7.37. The predicted octanol–water partition coefficient (Wildman–Crippen LogP) is 3.98. The first-order valence-corrected chi connectivity index (χ1v) is 6.86. The number of fused-ring (bicyclic) bond motifs is 1. The van der Waals surface area contributed by atoms with Crippen molar-refractivity contribution < 1.29 is 0 Å². The molecule has 0 fully saturated rings. The molecule has 0 unspecified atom stereocenters. The third kappa shape index (κ3) is 2.34. The van der Waals surface area contributed by atoms with Crippen LogP contribution in [-0.2, 0) is 0 Å². The summed E-state index contributed by atoms with van der Waals surface area (Å²) >= 11 is 7.78. The van der Waals surface area contributed by atoms with Gasteiger partial charge in [0.15, 0.2) is 0 Å². The fourth-order valence-corrected chi connectivity index (χ4v) is 2.85. The SMILES string of the molecule is Cc1cc2c(Nc3cc(N)ccc3Cl)ncnc2s1. The molecule has 0 amide bonds. The molecule has 0 aliphatic carbocycles. The number of halogens is 1. The number of rotatable bonds is 2. The largest absolute Gasteiger partial charge is 0.399 e. The number of nitrogens with two attached hydrogens (primary N) is 1. The molecule has 0 bridgehead atoms. The lowest BCUT2D eigenvalue weighted by molar-refractivity contribution is 1.23. The summed E-state index contributed by atoms with van der Waals surface area (Å²) < 4.78 is 0. The Hall–Kier alpha value is -1.85. The molecule has 2 aromatic heterocycles. The first-order chi connectivity index (χ1) is 9.13. The minimum absolute atomic E-state index is 0.605. The average Bonchev–Trinajstić information content (AvgIpc) is 2.75. The zero-order valence-electron chi connectivity index (χ0n) is 10.1. The number of benzene rings is 1. The monoisotopic (exact) mass is 290 g/mol. The molecule has 6 heteroatoms. The number of nitrogen functional groups attached to an aromatic ring is 1. The third-order valence-corrected chi connectivity index (χ3v) is 3.98. The van der Waals surface area contributed by atoms with E-state index in [4.69, 9.17) is 17.3 Å². The highest BCUT2D eigenvalue weighted by Gasteiger charge is 2.09. The molecule has 0 aliphatic heterocycles. The molecule has 0 atom stereocenters. The third-order valence-electron chi connectivity index (χ3n) is 2.70. The summed E-state index contributed by atoms with van der Waals surface area (Å²) in [6.07, 6.45) is 1.54.